The summed E-state index contributed by atoms with van der Waals surface area (Å²) >= 11 is 5.50. The number of nitrogen functional groups attached to an aromatic ring is 1. The molecule has 200 valence electrons. The van der Waals surface area contributed by atoms with Crippen molar-refractivity contribution >= 4 is 52.2 Å². The lowest BCUT2D eigenvalue weighted by atomic mass is 9.90. The van der Waals surface area contributed by atoms with Gasteiger partial charge in [-0.25, -0.2) is 18.7 Å². The van der Waals surface area contributed by atoms with E-state index >= 15 is 0 Å². The number of hydrogen-bond donors (Lipinski definition) is 8. The third kappa shape index (κ3) is 6.05. The minimum atomic E-state index is -5.80. The van der Waals surface area contributed by atoms with Crippen molar-refractivity contribution in [3.63, 3.8) is 0 Å². The van der Waals surface area contributed by atoms with Crippen LogP contribution in [0.5, 0.6) is 0 Å². The summed E-state index contributed by atoms with van der Waals surface area (Å²) in [6.45, 7) is 1.05. The molecule has 1 aliphatic heterocycles. The number of imidazole rings is 1. The Labute approximate surface area is 204 Å². The molecule has 2 aromatic heterocycles. The molecule has 0 saturated carbocycles. The predicted molar refractivity (Wildman–Crippen MR) is 117 cm³/mol. The molecule has 0 aromatic carbocycles. The molecule has 10 N–H and O–H groups in total. The molecule has 1 aliphatic rings. The van der Waals surface area contributed by atoms with E-state index < -0.39 is 59.1 Å². The van der Waals surface area contributed by atoms with Crippen LogP contribution in [0.1, 0.15) is 13.2 Å². The van der Waals surface area contributed by atoms with Gasteiger partial charge in [0.15, 0.2) is 22.9 Å². The van der Waals surface area contributed by atoms with Crippen LogP contribution in [0.3, 0.4) is 0 Å². The molecule has 36 heavy (non-hydrogen) atoms. The Morgan fingerprint density at radius 2 is 1.92 bits per heavy atom. The van der Waals surface area contributed by atoms with Gasteiger partial charge in [-0.1, -0.05) is 5.92 Å². The van der Waals surface area contributed by atoms with Gasteiger partial charge in [0.1, 0.15) is 12.2 Å². The monoisotopic (exact) mass is 594 g/mol. The molecule has 0 radical (unpaired) electrons. The number of fused-ring (bicyclic) bond motifs is 1. The van der Waals surface area contributed by atoms with Gasteiger partial charge in [0, 0.05) is 5.38 Å². The van der Waals surface area contributed by atoms with Gasteiger partial charge in [0.25, 0.3) is 5.56 Å². The van der Waals surface area contributed by atoms with Crippen LogP contribution < -0.4 is 17.0 Å². The molecule has 0 spiro atoms. The van der Waals surface area contributed by atoms with Gasteiger partial charge in [0.05, 0.1) is 12.4 Å². The number of nitrogens with one attached hydrogen (secondary N) is 1. The molecular formula is C13H18ClN6O13P3. The summed E-state index contributed by atoms with van der Waals surface area (Å²) in [4.78, 5) is 58.5. The van der Waals surface area contributed by atoms with Gasteiger partial charge in [-0.2, -0.15) is 13.6 Å². The standard InChI is InChI=1S/C13H18ClN6O13P3/c1-5(31-35(26,27)33-36(28,29)32-34(23,24)25)7-8(21)13(16,2-3-14)11(30-7)20-4-17-6-9(20)18-12(15)19-10(6)22/h4-5,7-8,11,21H,16H2,1H3,(H,26,27)(H,28,29)(H2,23,24,25)(H3,15,18,19,22)/t5-,7+,8-,11+,13?/m0/s1. The molecule has 2 aromatic rings. The summed E-state index contributed by atoms with van der Waals surface area (Å²) in [6.07, 6.45) is -5.58. The maximum absolute atomic E-state index is 12.2. The molecule has 0 bridgehead atoms. The van der Waals surface area contributed by atoms with Crippen LogP contribution in [0.15, 0.2) is 11.1 Å². The van der Waals surface area contributed by atoms with Crippen molar-refractivity contribution < 1.29 is 56.3 Å². The number of phosphoric ester groups is 1. The normalized spacial score (nSPS) is 28.7. The fraction of sp³-hybridized carbons (Fsp3) is 0.462. The highest BCUT2D eigenvalue weighted by Crippen LogP contribution is 2.66. The zero-order chi connectivity index (χ0) is 27.3. The first-order valence-electron chi connectivity index (χ1n) is 9.19. The van der Waals surface area contributed by atoms with Gasteiger partial charge in [-0.05, 0) is 18.5 Å². The number of ether oxygens (including phenoxy) is 1. The van der Waals surface area contributed by atoms with E-state index in [1.807, 2.05) is 5.38 Å². The number of halogens is 1. The fourth-order valence-electron chi connectivity index (χ4n) is 3.32. The largest absolute Gasteiger partial charge is 0.490 e. The van der Waals surface area contributed by atoms with Crippen LogP contribution in [0.2, 0.25) is 0 Å². The molecule has 19 nitrogen and oxygen atoms in total. The van der Waals surface area contributed by atoms with E-state index in [0.717, 1.165) is 17.8 Å². The summed E-state index contributed by atoms with van der Waals surface area (Å²) in [5.41, 5.74) is 8.70. The molecule has 23 heteroatoms. The minimum absolute atomic E-state index is 0.138. The average Bonchev–Trinajstić information content (AvgIpc) is 3.18. The van der Waals surface area contributed by atoms with Gasteiger partial charge in [0.2, 0.25) is 5.95 Å². The second kappa shape index (κ2) is 9.87. The van der Waals surface area contributed by atoms with Crippen molar-refractivity contribution in [2.45, 2.75) is 37.0 Å². The van der Waals surface area contributed by atoms with Crippen molar-refractivity contribution in [1.29, 1.82) is 0 Å². The number of anilines is 1. The summed E-state index contributed by atoms with van der Waals surface area (Å²) < 4.78 is 53.3. The Morgan fingerprint density at radius 1 is 1.28 bits per heavy atom. The van der Waals surface area contributed by atoms with Gasteiger partial charge >= 0.3 is 23.5 Å². The second-order valence-electron chi connectivity index (χ2n) is 7.23. The van der Waals surface area contributed by atoms with Crippen LogP contribution in [0.25, 0.3) is 11.2 Å². The smallest absolute Gasteiger partial charge is 0.387 e. The fourth-order valence-corrected chi connectivity index (χ4v) is 6.68. The van der Waals surface area contributed by atoms with Gasteiger partial charge in [-0.3, -0.25) is 18.9 Å². The molecule has 3 unspecified atom stereocenters. The zero-order valence-corrected chi connectivity index (χ0v) is 21.0. The van der Waals surface area contributed by atoms with Crippen molar-refractivity contribution in [2.24, 2.45) is 5.73 Å². The third-order valence-electron chi connectivity index (χ3n) is 4.64. The maximum atomic E-state index is 12.2. The van der Waals surface area contributed by atoms with Crippen LogP contribution in [-0.4, -0.2) is 68.1 Å². The first kappa shape index (κ1) is 28.9. The van der Waals surface area contributed by atoms with E-state index in [1.165, 1.54) is 0 Å². The number of aromatic nitrogens is 4. The highest BCUT2D eigenvalue weighted by atomic mass is 35.5. The first-order valence-corrected chi connectivity index (χ1v) is 14.1. The van der Waals surface area contributed by atoms with E-state index in [0.29, 0.717) is 0 Å². The summed E-state index contributed by atoms with van der Waals surface area (Å²) in [7, 11) is -17.0. The first-order chi connectivity index (χ1) is 16.4. The lowest BCUT2D eigenvalue weighted by Gasteiger charge is -2.28. The Bertz CT molecular complexity index is 1430. The Kier molecular flexibility index (Phi) is 7.91. The SMILES string of the molecule is C[C@H](OP(=O)(O)OP(=O)(O)OP(=O)(O)O)[C@H]1O[C@@H](n2cnc3c(=O)[nH]c(N)nc32)C(N)(C#CCl)[C@H]1O. The van der Waals surface area contributed by atoms with Crippen LogP contribution in [-0.2, 0) is 31.6 Å². The topological polar surface area (TPSA) is 305 Å². The summed E-state index contributed by atoms with van der Waals surface area (Å²) in [5, 5.41) is 12.8. The molecule has 0 amide bonds. The molecule has 1 saturated heterocycles. The van der Waals surface area contributed by atoms with Crippen molar-refractivity contribution in [3.05, 3.63) is 16.7 Å². The number of aliphatic hydroxyl groups excluding tert-OH is 1. The lowest BCUT2D eigenvalue weighted by molar-refractivity contribution is -0.0733. The summed E-state index contributed by atoms with van der Waals surface area (Å²) in [5.74, 6) is 2.03. The number of hydrogen-bond acceptors (Lipinski definition) is 13. The molecule has 7 atom stereocenters. The molecule has 1 fully saturated rings. The number of nitrogens with two attached hydrogens (primary N) is 2. The highest BCUT2D eigenvalue weighted by molar-refractivity contribution is 7.66. The number of phosphoric acid groups is 3. The van der Waals surface area contributed by atoms with Crippen LogP contribution >= 0.6 is 35.1 Å². The van der Waals surface area contributed by atoms with E-state index in [1.54, 1.807) is 0 Å². The molecular weight excluding hydrogens is 577 g/mol. The number of aromatic amines is 1. The average molecular weight is 595 g/mol. The maximum Gasteiger partial charge on any atom is 0.490 e. The Balaban J connectivity index is 1.92. The lowest BCUT2D eigenvalue weighted by Crippen LogP contribution is -2.54. The second-order valence-corrected chi connectivity index (χ2v) is 11.8. The minimum Gasteiger partial charge on any atom is -0.387 e. The van der Waals surface area contributed by atoms with Gasteiger partial charge < -0.3 is 40.9 Å². The predicted octanol–water partition coefficient (Wildman–Crippen LogP) is -1.41. The van der Waals surface area contributed by atoms with Crippen LogP contribution in [0, 0.1) is 11.3 Å². The van der Waals surface area contributed by atoms with Crippen LogP contribution in [0.4, 0.5) is 5.95 Å². The van der Waals surface area contributed by atoms with Gasteiger partial charge in [-0.15, -0.1) is 0 Å². The highest BCUT2D eigenvalue weighted by Gasteiger charge is 2.57. The van der Waals surface area contributed by atoms with E-state index in [2.05, 4.69) is 29.5 Å². The van der Waals surface area contributed by atoms with E-state index in [4.69, 9.17) is 42.1 Å². The van der Waals surface area contributed by atoms with Crippen molar-refractivity contribution in [2.75, 3.05) is 5.73 Å². The van der Waals surface area contributed by atoms with E-state index in [9.17, 15) is 33.4 Å². The number of nitrogens with zero attached hydrogens (tertiary/aromatic N) is 3. The van der Waals surface area contributed by atoms with Crippen molar-refractivity contribution in [1.82, 2.24) is 19.5 Å². The molecule has 0 aliphatic carbocycles. The van der Waals surface area contributed by atoms with Crippen molar-refractivity contribution in [3.8, 4) is 11.3 Å². The molecule has 3 rings (SSSR count). The quantitative estimate of drug-likeness (QED) is 0.128. The zero-order valence-electron chi connectivity index (χ0n) is 17.6. The molecule has 3 heterocycles. The number of rotatable bonds is 8. The van der Waals surface area contributed by atoms with E-state index in [-0.39, 0.29) is 17.1 Å². The Hall–Kier alpha value is -1.71. The number of aliphatic hydroxyl groups is 1. The number of H-pyrrole nitrogens is 1. The summed E-state index contributed by atoms with van der Waals surface area (Å²) in [6, 6.07) is 0. The Morgan fingerprint density at radius 3 is 2.50 bits per heavy atom. The third-order valence-corrected chi connectivity index (χ3v) is 8.66.